The maximum atomic E-state index is 5.15. The zero-order chi connectivity index (χ0) is 26.2. The molecule has 0 unspecified atom stereocenters. The van der Waals surface area contributed by atoms with Crippen LogP contribution in [0.1, 0.15) is 18.4 Å². The molecule has 0 bridgehead atoms. The summed E-state index contributed by atoms with van der Waals surface area (Å²) in [4.78, 5) is 9.83. The predicted octanol–water partition coefficient (Wildman–Crippen LogP) is 9.10. The van der Waals surface area contributed by atoms with Gasteiger partial charge < -0.3 is 4.57 Å². The second-order valence-electron chi connectivity index (χ2n) is 10.5. The second-order valence-corrected chi connectivity index (χ2v) is 10.5. The Morgan fingerprint density at radius 3 is 2.20 bits per heavy atom. The third-order valence-electron chi connectivity index (χ3n) is 8.32. The van der Waals surface area contributed by atoms with Crippen molar-refractivity contribution in [2.24, 2.45) is 4.99 Å². The van der Waals surface area contributed by atoms with Crippen LogP contribution in [0.25, 0.3) is 71.5 Å². The van der Waals surface area contributed by atoms with Gasteiger partial charge in [-0.15, -0.1) is 0 Å². The van der Waals surface area contributed by atoms with Gasteiger partial charge in [0.05, 0.1) is 33.3 Å². The summed E-state index contributed by atoms with van der Waals surface area (Å²) in [5, 5.41) is 6.16. The minimum Gasteiger partial charge on any atom is -0.309 e. The highest BCUT2D eigenvalue weighted by Gasteiger charge is 2.20. The molecular formula is C36H24N4. The average molecular weight is 513 g/mol. The van der Waals surface area contributed by atoms with Crippen molar-refractivity contribution in [2.45, 2.75) is 12.8 Å². The van der Waals surface area contributed by atoms with Crippen molar-refractivity contribution in [2.75, 3.05) is 0 Å². The molecule has 0 atom stereocenters. The molecule has 1 aliphatic heterocycles. The third-order valence-corrected chi connectivity index (χ3v) is 8.32. The van der Waals surface area contributed by atoms with Crippen LogP contribution in [0.3, 0.4) is 0 Å². The van der Waals surface area contributed by atoms with E-state index < -0.39 is 0 Å². The molecule has 9 rings (SSSR count). The highest BCUT2D eigenvalue weighted by atomic mass is 15.0. The first kappa shape index (κ1) is 21.7. The normalized spacial score (nSPS) is 13.8. The van der Waals surface area contributed by atoms with E-state index in [1.54, 1.807) is 0 Å². The van der Waals surface area contributed by atoms with Crippen molar-refractivity contribution in [3.63, 3.8) is 0 Å². The lowest BCUT2D eigenvalue weighted by atomic mass is 10.00. The molecule has 0 fully saturated rings. The summed E-state index contributed by atoms with van der Waals surface area (Å²) < 4.78 is 4.72. The monoisotopic (exact) mass is 512 g/mol. The smallest absolute Gasteiger partial charge is 0.146 e. The Morgan fingerprint density at radius 2 is 1.35 bits per heavy atom. The summed E-state index contributed by atoms with van der Waals surface area (Å²) in [6.07, 6.45) is 6.31. The van der Waals surface area contributed by atoms with Crippen molar-refractivity contribution in [3.8, 4) is 5.69 Å². The van der Waals surface area contributed by atoms with Crippen LogP contribution in [0.5, 0.6) is 0 Å². The van der Waals surface area contributed by atoms with Crippen LogP contribution < -0.4 is 0 Å². The predicted molar refractivity (Wildman–Crippen MR) is 168 cm³/mol. The topological polar surface area (TPSA) is 34.6 Å². The number of para-hydroxylation sites is 4. The summed E-state index contributed by atoms with van der Waals surface area (Å²) >= 11 is 0. The Balaban J connectivity index is 1.46. The molecule has 0 spiro atoms. The Bertz CT molecular complexity index is 2380. The van der Waals surface area contributed by atoms with Crippen LogP contribution in [0, 0.1) is 0 Å². The molecule has 188 valence electrons. The minimum atomic E-state index is 0.998. The number of hydrogen-bond acceptors (Lipinski definition) is 2. The average Bonchev–Trinajstić information content (AvgIpc) is 3.58. The molecule has 0 radical (unpaired) electrons. The number of benzene rings is 5. The largest absolute Gasteiger partial charge is 0.309 e. The molecule has 0 aliphatic carbocycles. The van der Waals surface area contributed by atoms with Gasteiger partial charge in [-0.1, -0.05) is 66.7 Å². The Kier molecular flexibility index (Phi) is 4.41. The van der Waals surface area contributed by atoms with Crippen LogP contribution >= 0.6 is 0 Å². The Morgan fingerprint density at radius 1 is 0.575 bits per heavy atom. The fourth-order valence-electron chi connectivity index (χ4n) is 6.64. The van der Waals surface area contributed by atoms with E-state index in [4.69, 9.17) is 4.98 Å². The summed E-state index contributed by atoms with van der Waals surface area (Å²) in [6, 6.07) is 39.3. The second kappa shape index (κ2) is 8.14. The Hall–Kier alpha value is -5.22. The first-order valence-electron chi connectivity index (χ1n) is 13.8. The van der Waals surface area contributed by atoms with Gasteiger partial charge in [-0.05, 0) is 61.4 Å². The van der Waals surface area contributed by atoms with Gasteiger partial charge in [-0.3, -0.25) is 9.39 Å². The first-order chi connectivity index (χ1) is 19.9. The lowest BCUT2D eigenvalue weighted by Gasteiger charge is -2.13. The van der Waals surface area contributed by atoms with Gasteiger partial charge in [0, 0.05) is 44.4 Å². The lowest BCUT2D eigenvalue weighted by molar-refractivity contribution is 1.09. The molecule has 1 aliphatic rings. The Labute approximate surface area is 230 Å². The van der Waals surface area contributed by atoms with E-state index in [-0.39, 0.29) is 0 Å². The molecule has 4 heterocycles. The molecule has 0 N–H and O–H groups in total. The summed E-state index contributed by atoms with van der Waals surface area (Å²) in [5.41, 5.74) is 10.1. The fourth-order valence-corrected chi connectivity index (χ4v) is 6.64. The molecule has 8 aromatic rings. The summed E-state index contributed by atoms with van der Waals surface area (Å²) in [6.45, 7) is 0. The molecule has 4 nitrogen and oxygen atoms in total. The van der Waals surface area contributed by atoms with E-state index in [9.17, 15) is 0 Å². The van der Waals surface area contributed by atoms with Crippen molar-refractivity contribution in [3.05, 3.63) is 121 Å². The third kappa shape index (κ3) is 2.90. The van der Waals surface area contributed by atoms with Crippen LogP contribution in [-0.4, -0.2) is 20.2 Å². The molecule has 4 heteroatoms. The number of allylic oxidation sites excluding steroid dienone is 1. The van der Waals surface area contributed by atoms with Crippen LogP contribution in [0.15, 0.2) is 120 Å². The number of pyridine rings is 1. The molecule has 0 saturated heterocycles. The molecular weight excluding hydrogens is 488 g/mol. The van der Waals surface area contributed by atoms with Crippen LogP contribution in [-0.2, 0) is 0 Å². The van der Waals surface area contributed by atoms with Gasteiger partial charge in [0.1, 0.15) is 5.65 Å². The SMILES string of the molecule is C1=NC(c2cccc(-n3c4ccccc4c4c5c6ccccc6n6c7ccccc7nc6c5ccc43)c2)=CCC1. The van der Waals surface area contributed by atoms with E-state index in [0.29, 0.717) is 0 Å². The molecule has 40 heavy (non-hydrogen) atoms. The molecule has 3 aromatic heterocycles. The van der Waals surface area contributed by atoms with Gasteiger partial charge in [0.15, 0.2) is 0 Å². The number of hydrogen-bond donors (Lipinski definition) is 0. The van der Waals surface area contributed by atoms with E-state index in [2.05, 4.69) is 129 Å². The van der Waals surface area contributed by atoms with E-state index in [1.165, 1.54) is 43.5 Å². The first-order valence-corrected chi connectivity index (χ1v) is 13.8. The number of imidazole rings is 1. The van der Waals surface area contributed by atoms with Gasteiger partial charge in [0.2, 0.25) is 0 Å². The van der Waals surface area contributed by atoms with Crippen molar-refractivity contribution in [1.29, 1.82) is 0 Å². The molecule has 0 amide bonds. The maximum Gasteiger partial charge on any atom is 0.146 e. The van der Waals surface area contributed by atoms with Crippen LogP contribution in [0.2, 0.25) is 0 Å². The standard InChI is InChI=1S/C36H24N4/c1-5-17-31-25(12-1)34-27(36-38-29-15-3-6-18-32(29)40(31)36)19-20-33-35(34)26-13-2-4-16-30(26)39(33)24-11-9-10-23(22-24)28-14-7-8-21-37-28/h1-6,9-22H,7-8H2. The fraction of sp³-hybridized carbons (Fsp3) is 0.0556. The van der Waals surface area contributed by atoms with Crippen molar-refractivity contribution >= 4 is 72.1 Å². The zero-order valence-corrected chi connectivity index (χ0v) is 21.8. The number of rotatable bonds is 2. The highest BCUT2D eigenvalue weighted by Crippen LogP contribution is 2.42. The van der Waals surface area contributed by atoms with E-state index >= 15 is 0 Å². The van der Waals surface area contributed by atoms with Crippen molar-refractivity contribution in [1.82, 2.24) is 14.0 Å². The number of aliphatic imine (C=N–C) groups is 1. The number of fused-ring (bicyclic) bond motifs is 12. The minimum absolute atomic E-state index is 0.998. The van der Waals surface area contributed by atoms with Gasteiger partial charge in [-0.25, -0.2) is 4.98 Å². The summed E-state index contributed by atoms with van der Waals surface area (Å²) in [7, 11) is 0. The van der Waals surface area contributed by atoms with Crippen molar-refractivity contribution < 1.29 is 0 Å². The molecule has 0 saturated carbocycles. The van der Waals surface area contributed by atoms with Gasteiger partial charge >= 0.3 is 0 Å². The zero-order valence-electron chi connectivity index (χ0n) is 21.8. The highest BCUT2D eigenvalue weighted by molar-refractivity contribution is 6.30. The molecule has 5 aromatic carbocycles. The van der Waals surface area contributed by atoms with Gasteiger partial charge in [0.25, 0.3) is 0 Å². The quantitative estimate of drug-likeness (QED) is 0.213. The van der Waals surface area contributed by atoms with Crippen LogP contribution in [0.4, 0.5) is 0 Å². The lowest BCUT2D eigenvalue weighted by Crippen LogP contribution is -1.96. The number of nitrogens with zero attached hydrogens (tertiary/aromatic N) is 4. The maximum absolute atomic E-state index is 5.15. The number of aromatic nitrogens is 3. The van der Waals surface area contributed by atoms with E-state index in [1.807, 2.05) is 6.21 Å². The van der Waals surface area contributed by atoms with Gasteiger partial charge in [-0.2, -0.15) is 0 Å². The summed E-state index contributed by atoms with van der Waals surface area (Å²) in [5.74, 6) is 0. The van der Waals surface area contributed by atoms with E-state index in [0.717, 1.165) is 46.5 Å².